The van der Waals surface area contributed by atoms with E-state index < -0.39 is 6.16 Å². The normalized spacial score (nSPS) is 12.3. The van der Waals surface area contributed by atoms with Crippen molar-refractivity contribution in [2.75, 3.05) is 6.61 Å². The van der Waals surface area contributed by atoms with Crippen LogP contribution in [0, 0.1) is 0 Å². The third-order valence-electron chi connectivity index (χ3n) is 4.06. The number of aryl methyl sites for hydroxylation is 1. The molecule has 0 aromatic heterocycles. The SMILES string of the molecule is CC(C)(C)c1cc(CCCCCOC(=O)O)cc(C(C)(C)C)c1. The van der Waals surface area contributed by atoms with Crippen molar-refractivity contribution >= 4 is 6.16 Å². The van der Waals surface area contributed by atoms with Crippen LogP contribution < -0.4 is 0 Å². The average molecular weight is 320 g/mol. The van der Waals surface area contributed by atoms with Crippen molar-refractivity contribution in [3.63, 3.8) is 0 Å². The topological polar surface area (TPSA) is 46.5 Å². The van der Waals surface area contributed by atoms with Gasteiger partial charge in [0.05, 0.1) is 6.61 Å². The standard InChI is InChI=1S/C20H32O3/c1-19(2,3)16-12-15(13-17(14-16)20(4,5)6)10-8-7-9-11-23-18(21)22/h12-14H,7-11H2,1-6H3,(H,21,22). The van der Waals surface area contributed by atoms with E-state index in [1.165, 1.54) is 16.7 Å². The van der Waals surface area contributed by atoms with Crippen LogP contribution in [0.5, 0.6) is 0 Å². The van der Waals surface area contributed by atoms with Crippen LogP contribution in [-0.2, 0) is 22.0 Å². The molecular weight excluding hydrogens is 288 g/mol. The predicted octanol–water partition coefficient (Wildman–Crippen LogP) is 5.69. The molecule has 1 N–H and O–H groups in total. The monoisotopic (exact) mass is 320 g/mol. The second kappa shape index (κ2) is 7.85. The van der Waals surface area contributed by atoms with E-state index in [9.17, 15) is 4.79 Å². The van der Waals surface area contributed by atoms with Gasteiger partial charge in [0.25, 0.3) is 0 Å². The maximum Gasteiger partial charge on any atom is 0.505 e. The molecule has 0 saturated carbocycles. The Balaban J connectivity index is 2.72. The molecule has 3 nitrogen and oxygen atoms in total. The van der Waals surface area contributed by atoms with Crippen LogP contribution in [-0.4, -0.2) is 17.9 Å². The molecule has 0 heterocycles. The molecule has 0 saturated heterocycles. The molecule has 1 aromatic carbocycles. The zero-order valence-electron chi connectivity index (χ0n) is 15.5. The minimum absolute atomic E-state index is 0.144. The molecule has 0 amide bonds. The van der Waals surface area contributed by atoms with E-state index in [0.717, 1.165) is 25.7 Å². The zero-order valence-corrected chi connectivity index (χ0v) is 15.5. The maximum atomic E-state index is 10.3. The molecule has 0 radical (unpaired) electrons. The van der Waals surface area contributed by atoms with Gasteiger partial charge in [0, 0.05) is 0 Å². The zero-order chi connectivity index (χ0) is 17.7. The number of carboxylic acid groups (broad SMARTS) is 1. The number of hydrogen-bond donors (Lipinski definition) is 1. The summed E-state index contributed by atoms with van der Waals surface area (Å²) in [5.74, 6) is 0. The minimum Gasteiger partial charge on any atom is -0.450 e. The minimum atomic E-state index is -1.18. The van der Waals surface area contributed by atoms with Crippen molar-refractivity contribution in [1.29, 1.82) is 0 Å². The van der Waals surface area contributed by atoms with Crippen LogP contribution >= 0.6 is 0 Å². The Morgan fingerprint density at radius 3 is 1.87 bits per heavy atom. The first-order chi connectivity index (χ1) is 10.5. The molecule has 0 aliphatic rings. The quantitative estimate of drug-likeness (QED) is 0.541. The van der Waals surface area contributed by atoms with Gasteiger partial charge in [-0.3, -0.25) is 0 Å². The highest BCUT2D eigenvalue weighted by Gasteiger charge is 2.20. The molecule has 130 valence electrons. The summed E-state index contributed by atoms with van der Waals surface area (Å²) in [6.07, 6.45) is 2.67. The molecular formula is C20H32O3. The van der Waals surface area contributed by atoms with Crippen LogP contribution in [0.2, 0.25) is 0 Å². The lowest BCUT2D eigenvalue weighted by Crippen LogP contribution is -2.17. The molecule has 0 atom stereocenters. The summed E-state index contributed by atoms with van der Waals surface area (Å²) in [5.41, 5.74) is 4.43. The number of unbranched alkanes of at least 4 members (excludes halogenated alkanes) is 2. The summed E-state index contributed by atoms with van der Waals surface area (Å²) in [6.45, 7) is 13.8. The van der Waals surface area contributed by atoms with Gasteiger partial charge in [-0.15, -0.1) is 0 Å². The van der Waals surface area contributed by atoms with Gasteiger partial charge in [0.1, 0.15) is 0 Å². The smallest absolute Gasteiger partial charge is 0.450 e. The molecule has 0 aliphatic heterocycles. The Morgan fingerprint density at radius 2 is 1.43 bits per heavy atom. The van der Waals surface area contributed by atoms with E-state index in [-0.39, 0.29) is 10.8 Å². The highest BCUT2D eigenvalue weighted by Crippen LogP contribution is 2.30. The van der Waals surface area contributed by atoms with E-state index >= 15 is 0 Å². The summed E-state index contributed by atoms with van der Waals surface area (Å²) in [4.78, 5) is 10.3. The lowest BCUT2D eigenvalue weighted by atomic mass is 9.79. The third-order valence-corrected chi connectivity index (χ3v) is 4.06. The lowest BCUT2D eigenvalue weighted by Gasteiger charge is -2.26. The largest absolute Gasteiger partial charge is 0.505 e. The first kappa shape index (κ1) is 19.5. The Labute approximate surface area is 141 Å². The Morgan fingerprint density at radius 1 is 0.913 bits per heavy atom. The van der Waals surface area contributed by atoms with E-state index in [0.29, 0.717) is 6.61 Å². The molecule has 0 bridgehead atoms. The summed E-state index contributed by atoms with van der Waals surface area (Å²) in [7, 11) is 0. The van der Waals surface area contributed by atoms with Crippen molar-refractivity contribution in [3.8, 4) is 0 Å². The van der Waals surface area contributed by atoms with Crippen LogP contribution in [0.3, 0.4) is 0 Å². The van der Waals surface area contributed by atoms with Crippen molar-refractivity contribution < 1.29 is 14.6 Å². The predicted molar refractivity (Wildman–Crippen MR) is 95.4 cm³/mol. The maximum absolute atomic E-state index is 10.3. The fourth-order valence-electron chi connectivity index (χ4n) is 2.47. The van der Waals surface area contributed by atoms with Gasteiger partial charge < -0.3 is 9.84 Å². The van der Waals surface area contributed by atoms with Crippen LogP contribution in [0.1, 0.15) is 77.5 Å². The van der Waals surface area contributed by atoms with E-state index in [1.54, 1.807) is 0 Å². The van der Waals surface area contributed by atoms with Crippen molar-refractivity contribution in [1.82, 2.24) is 0 Å². The van der Waals surface area contributed by atoms with Gasteiger partial charge in [-0.1, -0.05) is 59.7 Å². The lowest BCUT2D eigenvalue weighted by molar-refractivity contribution is 0.0900. The fraction of sp³-hybridized carbons (Fsp3) is 0.650. The molecule has 1 aromatic rings. The van der Waals surface area contributed by atoms with E-state index in [1.807, 2.05) is 0 Å². The molecule has 0 unspecified atom stereocenters. The summed E-state index contributed by atoms with van der Waals surface area (Å²) >= 11 is 0. The Kier molecular flexibility index (Phi) is 6.67. The van der Waals surface area contributed by atoms with Crippen LogP contribution in [0.15, 0.2) is 18.2 Å². The van der Waals surface area contributed by atoms with Crippen molar-refractivity contribution in [2.45, 2.75) is 78.1 Å². The number of benzene rings is 1. The number of hydrogen-bond acceptors (Lipinski definition) is 2. The van der Waals surface area contributed by atoms with Gasteiger partial charge >= 0.3 is 6.16 Å². The summed E-state index contributed by atoms with van der Waals surface area (Å²) in [6, 6.07) is 6.98. The van der Waals surface area contributed by atoms with Gasteiger partial charge in [0.15, 0.2) is 0 Å². The van der Waals surface area contributed by atoms with E-state index in [2.05, 4.69) is 64.5 Å². The highest BCUT2D eigenvalue weighted by molar-refractivity contribution is 5.56. The summed E-state index contributed by atoms with van der Waals surface area (Å²) < 4.78 is 4.54. The van der Waals surface area contributed by atoms with Gasteiger partial charge in [-0.05, 0) is 53.2 Å². The first-order valence-electron chi connectivity index (χ1n) is 8.51. The molecule has 0 fully saturated rings. The second-order valence-corrected chi connectivity index (χ2v) is 8.34. The second-order valence-electron chi connectivity index (χ2n) is 8.34. The fourth-order valence-corrected chi connectivity index (χ4v) is 2.47. The molecule has 1 rings (SSSR count). The van der Waals surface area contributed by atoms with Gasteiger partial charge in [-0.25, -0.2) is 4.79 Å². The first-order valence-corrected chi connectivity index (χ1v) is 8.51. The van der Waals surface area contributed by atoms with Crippen molar-refractivity contribution in [3.05, 3.63) is 34.9 Å². The van der Waals surface area contributed by atoms with Crippen LogP contribution in [0.4, 0.5) is 4.79 Å². The molecule has 0 aliphatic carbocycles. The van der Waals surface area contributed by atoms with Gasteiger partial charge in [-0.2, -0.15) is 0 Å². The molecule has 23 heavy (non-hydrogen) atoms. The van der Waals surface area contributed by atoms with Crippen molar-refractivity contribution in [2.24, 2.45) is 0 Å². The highest BCUT2D eigenvalue weighted by atomic mass is 16.7. The number of ether oxygens (including phenoxy) is 1. The Hall–Kier alpha value is -1.51. The van der Waals surface area contributed by atoms with E-state index in [4.69, 9.17) is 5.11 Å². The molecule has 0 spiro atoms. The number of carbonyl (C=O) groups is 1. The summed E-state index contributed by atoms with van der Waals surface area (Å²) in [5, 5.41) is 8.44. The van der Waals surface area contributed by atoms with Gasteiger partial charge in [0.2, 0.25) is 0 Å². The third kappa shape index (κ3) is 7.06. The number of rotatable bonds is 6. The Bertz CT molecular complexity index is 486. The average Bonchev–Trinajstić information content (AvgIpc) is 2.40. The molecule has 3 heteroatoms. The van der Waals surface area contributed by atoms with Crippen LogP contribution in [0.25, 0.3) is 0 Å².